The van der Waals surface area contributed by atoms with E-state index < -0.39 is 5.97 Å². The summed E-state index contributed by atoms with van der Waals surface area (Å²) in [7, 11) is 0. The highest BCUT2D eigenvalue weighted by Crippen LogP contribution is 2.12. The van der Waals surface area contributed by atoms with E-state index in [2.05, 4.69) is 33.0 Å². The summed E-state index contributed by atoms with van der Waals surface area (Å²) in [6.07, 6.45) is 3.55. The van der Waals surface area contributed by atoms with Crippen LogP contribution in [0.2, 0.25) is 0 Å². The first-order valence-electron chi connectivity index (χ1n) is 6.25. The van der Waals surface area contributed by atoms with Gasteiger partial charge in [0.1, 0.15) is 0 Å². The van der Waals surface area contributed by atoms with Crippen molar-refractivity contribution in [3.63, 3.8) is 0 Å². The Kier molecular flexibility index (Phi) is 5.02. The monoisotopic (exact) mass is 280 g/mol. The molecule has 0 aliphatic heterocycles. The van der Waals surface area contributed by atoms with Crippen LogP contribution >= 0.6 is 11.3 Å². The van der Waals surface area contributed by atoms with Crippen molar-refractivity contribution in [3.05, 3.63) is 28.2 Å². The van der Waals surface area contributed by atoms with E-state index in [1.54, 1.807) is 16.0 Å². The first kappa shape index (κ1) is 13.7. The summed E-state index contributed by atoms with van der Waals surface area (Å²) < 4.78 is 1.71. The zero-order valence-electron chi connectivity index (χ0n) is 10.5. The molecular formula is C12H16N4O2S. The number of nitrogens with zero attached hydrogens (tertiary/aromatic N) is 4. The smallest absolute Gasteiger partial charge is 0.303 e. The first-order chi connectivity index (χ1) is 9.25. The highest BCUT2D eigenvalue weighted by atomic mass is 32.1. The maximum Gasteiger partial charge on any atom is 0.303 e. The van der Waals surface area contributed by atoms with Crippen LogP contribution in [-0.2, 0) is 24.2 Å². The number of thiophene rings is 1. The maximum atomic E-state index is 10.5. The molecular weight excluding hydrogens is 264 g/mol. The van der Waals surface area contributed by atoms with Crippen LogP contribution in [0.3, 0.4) is 0 Å². The molecule has 19 heavy (non-hydrogen) atoms. The number of aliphatic carboxylic acids is 1. The summed E-state index contributed by atoms with van der Waals surface area (Å²) in [5.41, 5.74) is 0. The second-order valence-electron chi connectivity index (χ2n) is 4.25. The molecule has 0 aliphatic carbocycles. The van der Waals surface area contributed by atoms with Gasteiger partial charge in [0.15, 0.2) is 5.82 Å². The lowest BCUT2D eigenvalue weighted by Gasteiger charge is -2.03. The Balaban J connectivity index is 1.77. The zero-order chi connectivity index (χ0) is 13.5. The average molecular weight is 280 g/mol. The fourth-order valence-electron chi connectivity index (χ4n) is 1.83. The topological polar surface area (TPSA) is 80.9 Å². The van der Waals surface area contributed by atoms with Gasteiger partial charge in [-0.25, -0.2) is 4.68 Å². The molecule has 0 aromatic carbocycles. The summed E-state index contributed by atoms with van der Waals surface area (Å²) in [6, 6.07) is 4.18. The molecule has 0 spiro atoms. The third-order valence-electron chi connectivity index (χ3n) is 2.77. The highest BCUT2D eigenvalue weighted by molar-refractivity contribution is 7.09. The summed E-state index contributed by atoms with van der Waals surface area (Å²) in [6.45, 7) is 0.563. The van der Waals surface area contributed by atoms with Crippen molar-refractivity contribution in [2.24, 2.45) is 0 Å². The van der Waals surface area contributed by atoms with Crippen LogP contribution in [0.1, 0.15) is 30.0 Å². The Morgan fingerprint density at radius 2 is 2.26 bits per heavy atom. The molecule has 2 rings (SSSR count). The van der Waals surface area contributed by atoms with E-state index in [0.29, 0.717) is 13.0 Å². The van der Waals surface area contributed by atoms with E-state index >= 15 is 0 Å². The van der Waals surface area contributed by atoms with Crippen LogP contribution in [0.5, 0.6) is 0 Å². The van der Waals surface area contributed by atoms with Crippen LogP contribution in [0, 0.1) is 0 Å². The Hall–Kier alpha value is -1.76. The van der Waals surface area contributed by atoms with Gasteiger partial charge in [-0.1, -0.05) is 6.07 Å². The number of rotatable bonds is 8. The predicted octanol–water partition coefficient (Wildman–Crippen LogP) is 1.77. The van der Waals surface area contributed by atoms with Gasteiger partial charge in [0.25, 0.3) is 0 Å². The molecule has 0 fully saturated rings. The van der Waals surface area contributed by atoms with E-state index in [4.69, 9.17) is 5.11 Å². The molecule has 0 saturated carbocycles. The zero-order valence-corrected chi connectivity index (χ0v) is 11.3. The molecule has 6 nitrogen and oxygen atoms in total. The van der Waals surface area contributed by atoms with Gasteiger partial charge in [0, 0.05) is 24.3 Å². The molecule has 2 heterocycles. The van der Waals surface area contributed by atoms with Crippen molar-refractivity contribution < 1.29 is 9.90 Å². The Morgan fingerprint density at radius 1 is 1.37 bits per heavy atom. The van der Waals surface area contributed by atoms with Crippen molar-refractivity contribution >= 4 is 17.3 Å². The number of carboxylic acids is 1. The average Bonchev–Trinajstić information content (AvgIpc) is 3.01. The maximum absolute atomic E-state index is 10.5. The predicted molar refractivity (Wildman–Crippen MR) is 71.0 cm³/mol. The molecule has 0 radical (unpaired) electrons. The van der Waals surface area contributed by atoms with Crippen molar-refractivity contribution in [1.29, 1.82) is 0 Å². The van der Waals surface area contributed by atoms with E-state index in [-0.39, 0.29) is 6.42 Å². The molecule has 0 bridgehead atoms. The van der Waals surface area contributed by atoms with Crippen LogP contribution in [-0.4, -0.2) is 31.3 Å². The van der Waals surface area contributed by atoms with Crippen molar-refractivity contribution in [2.45, 2.75) is 38.6 Å². The van der Waals surface area contributed by atoms with Gasteiger partial charge in [-0.2, -0.15) is 0 Å². The molecule has 7 heteroatoms. The minimum Gasteiger partial charge on any atom is -0.481 e. The quantitative estimate of drug-likeness (QED) is 0.797. The van der Waals surface area contributed by atoms with Gasteiger partial charge in [-0.15, -0.1) is 16.4 Å². The van der Waals surface area contributed by atoms with Gasteiger partial charge >= 0.3 is 5.97 Å². The van der Waals surface area contributed by atoms with Gasteiger partial charge in [0.05, 0.1) is 0 Å². The number of carboxylic acid groups (broad SMARTS) is 1. The fraction of sp³-hybridized carbons (Fsp3) is 0.500. The lowest BCUT2D eigenvalue weighted by molar-refractivity contribution is -0.137. The molecule has 2 aromatic rings. The number of tetrazole rings is 1. The SMILES string of the molecule is O=C(O)CCCn1nnnc1CCCc1cccs1. The van der Waals surface area contributed by atoms with Gasteiger partial charge in [0.2, 0.25) is 0 Å². The van der Waals surface area contributed by atoms with Crippen LogP contribution in [0.25, 0.3) is 0 Å². The lowest BCUT2D eigenvalue weighted by Crippen LogP contribution is -2.08. The van der Waals surface area contributed by atoms with Crippen LogP contribution < -0.4 is 0 Å². The number of hydrogen-bond donors (Lipinski definition) is 1. The molecule has 0 aliphatic rings. The fourth-order valence-corrected chi connectivity index (χ4v) is 2.58. The van der Waals surface area contributed by atoms with Gasteiger partial charge in [-0.3, -0.25) is 4.79 Å². The van der Waals surface area contributed by atoms with Crippen LogP contribution in [0.4, 0.5) is 0 Å². The third kappa shape index (κ3) is 4.44. The Bertz CT molecular complexity index is 510. The number of carbonyl (C=O) groups is 1. The highest BCUT2D eigenvalue weighted by Gasteiger charge is 2.07. The second-order valence-corrected chi connectivity index (χ2v) is 5.28. The summed E-state index contributed by atoms with van der Waals surface area (Å²) in [5.74, 6) is 0.0502. The number of hydrogen-bond acceptors (Lipinski definition) is 5. The number of aryl methyl sites for hydroxylation is 3. The number of aromatic nitrogens is 4. The van der Waals surface area contributed by atoms with Gasteiger partial charge in [-0.05, 0) is 41.1 Å². The first-order valence-corrected chi connectivity index (χ1v) is 7.13. The third-order valence-corrected chi connectivity index (χ3v) is 3.71. The van der Waals surface area contributed by atoms with Crippen molar-refractivity contribution in [2.75, 3.05) is 0 Å². The Morgan fingerprint density at radius 3 is 3.00 bits per heavy atom. The van der Waals surface area contributed by atoms with E-state index in [1.165, 1.54) is 4.88 Å². The molecule has 0 amide bonds. The van der Waals surface area contributed by atoms with E-state index in [9.17, 15) is 4.79 Å². The molecule has 2 aromatic heterocycles. The minimum absolute atomic E-state index is 0.147. The molecule has 102 valence electrons. The van der Waals surface area contributed by atoms with Crippen molar-refractivity contribution in [3.8, 4) is 0 Å². The molecule has 0 saturated heterocycles. The molecule has 0 atom stereocenters. The normalized spacial score (nSPS) is 10.7. The summed E-state index contributed by atoms with van der Waals surface area (Å²) >= 11 is 1.76. The molecule has 0 unspecified atom stereocenters. The van der Waals surface area contributed by atoms with Crippen molar-refractivity contribution in [1.82, 2.24) is 20.2 Å². The van der Waals surface area contributed by atoms with E-state index in [0.717, 1.165) is 25.1 Å². The minimum atomic E-state index is -0.785. The summed E-state index contributed by atoms with van der Waals surface area (Å²) in [5, 5.41) is 22.2. The largest absolute Gasteiger partial charge is 0.481 e. The van der Waals surface area contributed by atoms with Gasteiger partial charge < -0.3 is 5.11 Å². The van der Waals surface area contributed by atoms with Crippen LogP contribution in [0.15, 0.2) is 17.5 Å². The standard InChI is InChI=1S/C12H16N4O2S/c17-12(18)7-2-8-16-11(13-14-15-16)6-1-4-10-5-3-9-19-10/h3,5,9H,1-2,4,6-8H2,(H,17,18). The Labute approximate surface area is 115 Å². The lowest BCUT2D eigenvalue weighted by atomic mass is 10.2. The summed E-state index contributed by atoms with van der Waals surface area (Å²) in [4.78, 5) is 11.8. The second kappa shape index (κ2) is 6.98. The molecule has 1 N–H and O–H groups in total. The van der Waals surface area contributed by atoms with E-state index in [1.807, 2.05) is 0 Å².